The van der Waals surface area contributed by atoms with Crippen molar-refractivity contribution in [2.75, 3.05) is 43.3 Å². The lowest BCUT2D eigenvalue weighted by atomic mass is 10.2. The minimum atomic E-state index is -3.86. The Balaban J connectivity index is 1.70. The largest absolute Gasteiger partial charge is 0.338 e. The van der Waals surface area contributed by atoms with E-state index in [1.54, 1.807) is 24.3 Å². The van der Waals surface area contributed by atoms with E-state index in [-0.39, 0.29) is 41.8 Å². The van der Waals surface area contributed by atoms with Gasteiger partial charge in [-0.15, -0.1) is 0 Å². The van der Waals surface area contributed by atoms with Crippen molar-refractivity contribution in [1.82, 2.24) is 9.21 Å². The highest BCUT2D eigenvalue weighted by molar-refractivity contribution is 7.92. The molecule has 0 unspecified atom stereocenters. The summed E-state index contributed by atoms with van der Waals surface area (Å²) in [4.78, 5) is 14.4. The van der Waals surface area contributed by atoms with Crippen LogP contribution in [0.4, 0.5) is 10.1 Å². The molecular weight excluding hydrogens is 481 g/mol. The minimum absolute atomic E-state index is 0.0628. The number of carbonyl (C=O) groups excluding carboxylic acids is 1. The molecule has 0 spiro atoms. The van der Waals surface area contributed by atoms with Gasteiger partial charge in [0.25, 0.3) is 0 Å². The van der Waals surface area contributed by atoms with Gasteiger partial charge in [0.1, 0.15) is 12.4 Å². The van der Waals surface area contributed by atoms with Crippen LogP contribution in [0.2, 0.25) is 5.02 Å². The third kappa shape index (κ3) is 5.40. The first-order chi connectivity index (χ1) is 14.9. The molecular formula is C20H23ClFN3O5S2. The summed E-state index contributed by atoms with van der Waals surface area (Å²) in [6, 6.07) is 9.90. The third-order valence-electron chi connectivity index (χ3n) is 5.12. The monoisotopic (exact) mass is 503 g/mol. The lowest BCUT2D eigenvalue weighted by Crippen LogP contribution is -2.53. The number of halogens is 2. The average Bonchev–Trinajstić information content (AvgIpc) is 2.73. The maximum Gasteiger partial charge on any atom is 0.243 e. The summed E-state index contributed by atoms with van der Waals surface area (Å²) in [5, 5.41) is -0.265. The number of piperazine rings is 1. The second-order valence-electron chi connectivity index (χ2n) is 7.47. The van der Waals surface area contributed by atoms with Crippen molar-refractivity contribution >= 4 is 43.2 Å². The van der Waals surface area contributed by atoms with Crippen LogP contribution in [-0.4, -0.2) is 70.9 Å². The fraction of sp³-hybridized carbons (Fsp3) is 0.350. The molecule has 3 rings (SSSR count). The lowest BCUT2D eigenvalue weighted by Gasteiger charge is -2.35. The molecule has 1 aliphatic heterocycles. The van der Waals surface area contributed by atoms with Crippen molar-refractivity contribution in [3.63, 3.8) is 0 Å². The Hall–Kier alpha value is -2.21. The van der Waals surface area contributed by atoms with Gasteiger partial charge in [-0.25, -0.2) is 21.2 Å². The van der Waals surface area contributed by atoms with Crippen LogP contribution in [0, 0.1) is 12.7 Å². The number of benzene rings is 2. The van der Waals surface area contributed by atoms with Gasteiger partial charge in [0, 0.05) is 26.2 Å². The highest BCUT2D eigenvalue weighted by Crippen LogP contribution is 2.25. The van der Waals surface area contributed by atoms with Gasteiger partial charge in [-0.2, -0.15) is 4.31 Å². The van der Waals surface area contributed by atoms with Gasteiger partial charge in [0.15, 0.2) is 0 Å². The molecule has 0 N–H and O–H groups in total. The smallest absolute Gasteiger partial charge is 0.243 e. The van der Waals surface area contributed by atoms with Gasteiger partial charge in [-0.3, -0.25) is 9.10 Å². The molecule has 12 heteroatoms. The number of nitrogens with zero attached hydrogens (tertiary/aromatic N) is 3. The van der Waals surface area contributed by atoms with E-state index in [1.807, 2.05) is 6.92 Å². The summed E-state index contributed by atoms with van der Waals surface area (Å²) < 4.78 is 65.7. The van der Waals surface area contributed by atoms with Crippen molar-refractivity contribution in [2.24, 2.45) is 0 Å². The number of amides is 1. The molecule has 0 aliphatic carbocycles. The summed E-state index contributed by atoms with van der Waals surface area (Å²) in [6.07, 6.45) is 0.934. The Morgan fingerprint density at radius 1 is 1.03 bits per heavy atom. The van der Waals surface area contributed by atoms with E-state index in [4.69, 9.17) is 11.6 Å². The molecule has 1 amide bonds. The molecule has 0 radical (unpaired) electrons. The number of hydrogen-bond acceptors (Lipinski definition) is 5. The molecule has 174 valence electrons. The number of rotatable bonds is 6. The molecule has 1 saturated heterocycles. The molecule has 0 atom stereocenters. The van der Waals surface area contributed by atoms with Crippen molar-refractivity contribution in [3.05, 3.63) is 58.9 Å². The molecule has 2 aromatic rings. The first-order valence-corrected chi connectivity index (χ1v) is 13.3. The fourth-order valence-corrected chi connectivity index (χ4v) is 5.74. The number of aryl methyl sites for hydroxylation is 1. The third-order valence-corrected chi connectivity index (χ3v) is 8.46. The first kappa shape index (κ1) is 24.4. The van der Waals surface area contributed by atoms with Crippen LogP contribution in [-0.2, 0) is 24.8 Å². The second kappa shape index (κ2) is 9.34. The van der Waals surface area contributed by atoms with E-state index < -0.39 is 38.3 Å². The highest BCUT2D eigenvalue weighted by Gasteiger charge is 2.31. The summed E-state index contributed by atoms with van der Waals surface area (Å²) in [7, 11) is -7.54. The number of hydrogen-bond donors (Lipinski definition) is 0. The Morgan fingerprint density at radius 2 is 1.62 bits per heavy atom. The van der Waals surface area contributed by atoms with E-state index >= 15 is 0 Å². The van der Waals surface area contributed by atoms with Crippen LogP contribution in [0.25, 0.3) is 0 Å². The van der Waals surface area contributed by atoms with Crippen molar-refractivity contribution in [3.8, 4) is 0 Å². The van der Waals surface area contributed by atoms with Crippen LogP contribution in [0.15, 0.2) is 47.4 Å². The Labute approximate surface area is 192 Å². The Morgan fingerprint density at radius 3 is 2.16 bits per heavy atom. The van der Waals surface area contributed by atoms with Crippen LogP contribution in [0.5, 0.6) is 0 Å². The zero-order valence-electron chi connectivity index (χ0n) is 17.5. The van der Waals surface area contributed by atoms with Crippen LogP contribution < -0.4 is 4.31 Å². The van der Waals surface area contributed by atoms with Crippen molar-refractivity contribution in [2.45, 2.75) is 11.8 Å². The normalized spacial score (nSPS) is 15.6. The number of anilines is 1. The molecule has 32 heavy (non-hydrogen) atoms. The summed E-state index contributed by atoms with van der Waals surface area (Å²) in [6.45, 7) is 1.76. The SMILES string of the molecule is Cc1ccc(S(=O)(=O)N2CCN(C(=O)CN(c3ccc(F)c(Cl)c3)S(C)(=O)=O)CC2)cc1. The second-order valence-corrected chi connectivity index (χ2v) is 11.7. The minimum Gasteiger partial charge on any atom is -0.338 e. The Bertz CT molecular complexity index is 1210. The Kier molecular flexibility index (Phi) is 7.13. The maximum atomic E-state index is 13.5. The molecule has 2 aromatic carbocycles. The van der Waals surface area contributed by atoms with Crippen molar-refractivity contribution < 1.29 is 26.0 Å². The average molecular weight is 504 g/mol. The van der Waals surface area contributed by atoms with E-state index in [2.05, 4.69) is 0 Å². The van der Waals surface area contributed by atoms with E-state index in [1.165, 1.54) is 15.3 Å². The zero-order valence-corrected chi connectivity index (χ0v) is 19.9. The molecule has 1 fully saturated rings. The van der Waals surface area contributed by atoms with Gasteiger partial charge >= 0.3 is 0 Å². The first-order valence-electron chi connectivity index (χ1n) is 9.67. The molecule has 1 heterocycles. The standard InChI is InChI=1S/C20H23ClFN3O5S2/c1-15-3-6-17(7-4-15)32(29,30)24-11-9-23(10-12-24)20(26)14-25(31(2,27)28)16-5-8-19(22)18(21)13-16/h3-8,13H,9-12,14H2,1-2H3. The fourth-order valence-electron chi connectivity index (χ4n) is 3.30. The van der Waals surface area contributed by atoms with Gasteiger partial charge in [-0.05, 0) is 37.3 Å². The zero-order chi connectivity index (χ0) is 23.7. The maximum absolute atomic E-state index is 13.5. The lowest BCUT2D eigenvalue weighted by molar-refractivity contribution is -0.130. The number of carbonyl (C=O) groups is 1. The molecule has 0 saturated carbocycles. The number of sulfonamides is 2. The predicted octanol–water partition coefficient (Wildman–Crippen LogP) is 2.09. The summed E-state index contributed by atoms with van der Waals surface area (Å²) in [5.74, 6) is -1.20. The van der Waals surface area contributed by atoms with Gasteiger partial charge in [-0.1, -0.05) is 29.3 Å². The quantitative estimate of drug-likeness (QED) is 0.601. The van der Waals surface area contributed by atoms with Gasteiger partial charge < -0.3 is 4.90 Å². The van der Waals surface area contributed by atoms with Crippen LogP contribution in [0.3, 0.4) is 0 Å². The molecule has 0 bridgehead atoms. The predicted molar refractivity (Wildman–Crippen MR) is 120 cm³/mol. The highest BCUT2D eigenvalue weighted by atomic mass is 35.5. The van der Waals surface area contributed by atoms with Gasteiger partial charge in [0.2, 0.25) is 26.0 Å². The van der Waals surface area contributed by atoms with E-state index in [0.29, 0.717) is 0 Å². The topological polar surface area (TPSA) is 95.1 Å². The van der Waals surface area contributed by atoms with E-state index in [9.17, 15) is 26.0 Å². The molecule has 1 aliphatic rings. The summed E-state index contributed by atoms with van der Waals surface area (Å²) >= 11 is 5.76. The van der Waals surface area contributed by atoms with Gasteiger partial charge in [0.05, 0.1) is 21.9 Å². The van der Waals surface area contributed by atoms with Crippen LogP contribution in [0.1, 0.15) is 5.56 Å². The van der Waals surface area contributed by atoms with Crippen LogP contribution >= 0.6 is 11.6 Å². The summed E-state index contributed by atoms with van der Waals surface area (Å²) in [5.41, 5.74) is 1.00. The molecule has 0 aromatic heterocycles. The molecule has 8 nitrogen and oxygen atoms in total. The van der Waals surface area contributed by atoms with Crippen molar-refractivity contribution in [1.29, 1.82) is 0 Å². The van der Waals surface area contributed by atoms with E-state index in [0.717, 1.165) is 28.3 Å².